The fraction of sp³-hybridized carbons (Fsp3) is 0.300. The monoisotopic (exact) mass is 324 g/mol. The second kappa shape index (κ2) is 7.77. The summed E-state index contributed by atoms with van der Waals surface area (Å²) in [6.45, 7) is 5.49. The molecule has 0 aliphatic carbocycles. The van der Waals surface area contributed by atoms with Gasteiger partial charge in [0, 0.05) is 17.6 Å². The van der Waals surface area contributed by atoms with Gasteiger partial charge in [0.25, 0.3) is 0 Å². The average Bonchev–Trinajstić information content (AvgIpc) is 2.51. The molecule has 0 fully saturated rings. The van der Waals surface area contributed by atoms with Crippen molar-refractivity contribution < 1.29 is 14.7 Å². The minimum Gasteiger partial charge on any atom is -0.550 e. The van der Waals surface area contributed by atoms with Gasteiger partial charge in [-0.3, -0.25) is 4.79 Å². The summed E-state index contributed by atoms with van der Waals surface area (Å²) >= 11 is 0. The predicted octanol–water partition coefficient (Wildman–Crippen LogP) is 2.49. The van der Waals surface area contributed by atoms with Gasteiger partial charge in [-0.15, -0.1) is 0 Å². The Balaban J connectivity index is 2.24. The van der Waals surface area contributed by atoms with E-state index >= 15 is 0 Å². The number of anilines is 1. The van der Waals surface area contributed by atoms with Crippen LogP contribution < -0.4 is 10.4 Å². The van der Waals surface area contributed by atoms with Crippen LogP contribution in [-0.4, -0.2) is 11.9 Å². The van der Waals surface area contributed by atoms with Crippen molar-refractivity contribution in [2.24, 2.45) is 11.8 Å². The zero-order chi connectivity index (χ0) is 17.7. The molecule has 0 radical (unpaired) electrons. The molecule has 0 heterocycles. The molecule has 4 heteroatoms. The number of rotatable bonds is 6. The molecule has 0 saturated carbocycles. The highest BCUT2D eigenvalue weighted by atomic mass is 16.4. The third-order valence-electron chi connectivity index (χ3n) is 4.09. The van der Waals surface area contributed by atoms with Crippen molar-refractivity contribution in [3.63, 3.8) is 0 Å². The third-order valence-corrected chi connectivity index (χ3v) is 4.09. The molecule has 2 rings (SSSR count). The molecule has 0 aliphatic rings. The molecule has 126 valence electrons. The first kappa shape index (κ1) is 17.7. The second-order valence-corrected chi connectivity index (χ2v) is 6.27. The van der Waals surface area contributed by atoms with E-state index in [9.17, 15) is 14.7 Å². The molecule has 0 saturated heterocycles. The van der Waals surface area contributed by atoms with E-state index in [4.69, 9.17) is 0 Å². The first-order valence-corrected chi connectivity index (χ1v) is 8.00. The highest BCUT2D eigenvalue weighted by Gasteiger charge is 2.26. The lowest BCUT2D eigenvalue weighted by molar-refractivity contribution is -0.312. The number of hydrogen-bond donors (Lipinski definition) is 1. The fourth-order valence-corrected chi connectivity index (χ4v) is 2.86. The van der Waals surface area contributed by atoms with Gasteiger partial charge in [-0.25, -0.2) is 0 Å². The normalized spacial score (nSPS) is 13.1. The Morgan fingerprint density at radius 2 is 1.62 bits per heavy atom. The molecule has 0 unspecified atom stereocenters. The van der Waals surface area contributed by atoms with E-state index in [-0.39, 0.29) is 5.91 Å². The van der Waals surface area contributed by atoms with Crippen LogP contribution in [0.1, 0.15) is 23.6 Å². The maximum Gasteiger partial charge on any atom is 0.228 e. The lowest BCUT2D eigenvalue weighted by Crippen LogP contribution is -2.40. The largest absolute Gasteiger partial charge is 0.550 e. The molecule has 2 atom stereocenters. The molecular weight excluding hydrogens is 302 g/mol. The molecule has 1 amide bonds. The second-order valence-electron chi connectivity index (χ2n) is 6.27. The SMILES string of the molecule is Cc1cc(C)cc(C[C@@H](C(=O)Nc2ccccc2)[C@@H](C)C(=O)[O-])c1. The van der Waals surface area contributed by atoms with Crippen LogP contribution in [0.15, 0.2) is 48.5 Å². The average molecular weight is 324 g/mol. The summed E-state index contributed by atoms with van der Waals surface area (Å²) in [6, 6.07) is 15.0. The lowest BCUT2D eigenvalue weighted by Gasteiger charge is -2.24. The summed E-state index contributed by atoms with van der Waals surface area (Å²) in [5.74, 6) is -3.10. The number of carbonyl (C=O) groups excluding carboxylic acids is 2. The van der Waals surface area contributed by atoms with Crippen molar-refractivity contribution in [1.29, 1.82) is 0 Å². The smallest absolute Gasteiger partial charge is 0.228 e. The molecule has 1 N–H and O–H groups in total. The first-order valence-electron chi connectivity index (χ1n) is 8.00. The Kier molecular flexibility index (Phi) is 5.74. The van der Waals surface area contributed by atoms with Gasteiger partial charge in [0.05, 0.1) is 5.92 Å². The van der Waals surface area contributed by atoms with Crippen molar-refractivity contribution in [2.75, 3.05) is 5.32 Å². The Bertz CT molecular complexity index is 705. The zero-order valence-electron chi connectivity index (χ0n) is 14.2. The van der Waals surface area contributed by atoms with Crippen LogP contribution in [-0.2, 0) is 16.0 Å². The zero-order valence-corrected chi connectivity index (χ0v) is 14.2. The Hall–Kier alpha value is -2.62. The molecular formula is C20H22NO3-. The Labute approximate surface area is 142 Å². The van der Waals surface area contributed by atoms with E-state index in [0.29, 0.717) is 12.1 Å². The number of para-hydroxylation sites is 1. The quantitative estimate of drug-likeness (QED) is 0.887. The van der Waals surface area contributed by atoms with Crippen LogP contribution in [0.2, 0.25) is 0 Å². The first-order chi connectivity index (χ1) is 11.4. The van der Waals surface area contributed by atoms with Crippen LogP contribution in [0, 0.1) is 25.7 Å². The molecule has 0 bridgehead atoms. The number of carbonyl (C=O) groups is 2. The summed E-state index contributed by atoms with van der Waals surface area (Å²) < 4.78 is 0. The Morgan fingerprint density at radius 1 is 1.04 bits per heavy atom. The maximum atomic E-state index is 12.6. The van der Waals surface area contributed by atoms with Crippen LogP contribution >= 0.6 is 0 Å². The minimum atomic E-state index is -1.22. The van der Waals surface area contributed by atoms with E-state index in [2.05, 4.69) is 5.32 Å². The molecule has 0 aromatic heterocycles. The number of carboxylic acid groups (broad SMARTS) is 1. The molecule has 0 spiro atoms. The minimum absolute atomic E-state index is 0.308. The van der Waals surface area contributed by atoms with E-state index in [1.807, 2.05) is 50.2 Å². The molecule has 0 aliphatic heterocycles. The predicted molar refractivity (Wildman–Crippen MR) is 92.4 cm³/mol. The van der Waals surface area contributed by atoms with Crippen LogP contribution in [0.3, 0.4) is 0 Å². The van der Waals surface area contributed by atoms with Crippen LogP contribution in [0.25, 0.3) is 0 Å². The van der Waals surface area contributed by atoms with E-state index in [1.165, 1.54) is 6.92 Å². The van der Waals surface area contributed by atoms with E-state index in [1.54, 1.807) is 12.1 Å². The van der Waals surface area contributed by atoms with Crippen LogP contribution in [0.4, 0.5) is 5.69 Å². The van der Waals surface area contributed by atoms with Gasteiger partial charge < -0.3 is 15.2 Å². The van der Waals surface area contributed by atoms with Gasteiger partial charge in [0.2, 0.25) is 5.91 Å². The Morgan fingerprint density at radius 3 is 2.17 bits per heavy atom. The highest BCUT2D eigenvalue weighted by molar-refractivity contribution is 5.95. The standard InChI is InChI=1S/C20H23NO3/c1-13-9-14(2)11-16(10-13)12-18(15(3)20(23)24)19(22)21-17-7-5-4-6-8-17/h4-11,15,18H,12H2,1-3H3,(H,21,22)(H,23,24)/p-1/t15-,18-/m1/s1. The van der Waals surface area contributed by atoms with Crippen molar-refractivity contribution in [1.82, 2.24) is 0 Å². The number of benzene rings is 2. The van der Waals surface area contributed by atoms with Crippen molar-refractivity contribution >= 4 is 17.6 Å². The topological polar surface area (TPSA) is 69.2 Å². The van der Waals surface area contributed by atoms with Gasteiger partial charge in [-0.1, -0.05) is 54.4 Å². The van der Waals surface area contributed by atoms with E-state index in [0.717, 1.165) is 16.7 Å². The van der Waals surface area contributed by atoms with Crippen LogP contribution in [0.5, 0.6) is 0 Å². The summed E-state index contributed by atoms with van der Waals surface area (Å²) in [7, 11) is 0. The summed E-state index contributed by atoms with van der Waals surface area (Å²) in [5.41, 5.74) is 3.79. The van der Waals surface area contributed by atoms with Gasteiger partial charge >= 0.3 is 0 Å². The lowest BCUT2D eigenvalue weighted by atomic mass is 9.86. The molecule has 24 heavy (non-hydrogen) atoms. The number of hydrogen-bond acceptors (Lipinski definition) is 3. The van der Waals surface area contributed by atoms with E-state index < -0.39 is 17.8 Å². The summed E-state index contributed by atoms with van der Waals surface area (Å²) in [4.78, 5) is 24.0. The van der Waals surface area contributed by atoms with Crippen molar-refractivity contribution in [3.05, 3.63) is 65.2 Å². The number of aryl methyl sites for hydroxylation is 2. The number of carboxylic acids is 1. The third kappa shape index (κ3) is 4.69. The maximum absolute atomic E-state index is 12.6. The fourth-order valence-electron chi connectivity index (χ4n) is 2.86. The van der Waals surface area contributed by atoms with Gasteiger partial charge in [0.1, 0.15) is 0 Å². The number of aliphatic carboxylic acids is 1. The number of amides is 1. The molecule has 4 nitrogen and oxygen atoms in total. The van der Waals surface area contributed by atoms with Crippen molar-refractivity contribution in [3.8, 4) is 0 Å². The number of nitrogens with one attached hydrogen (secondary N) is 1. The van der Waals surface area contributed by atoms with Gasteiger partial charge in [0.15, 0.2) is 0 Å². The molecule has 2 aromatic carbocycles. The van der Waals surface area contributed by atoms with Gasteiger partial charge in [-0.05, 0) is 38.0 Å². The summed E-state index contributed by atoms with van der Waals surface area (Å²) in [5, 5.41) is 14.1. The van der Waals surface area contributed by atoms with Gasteiger partial charge in [-0.2, -0.15) is 0 Å². The highest BCUT2D eigenvalue weighted by Crippen LogP contribution is 2.21. The summed E-state index contributed by atoms with van der Waals surface area (Å²) in [6.07, 6.45) is 0.357. The molecule has 2 aromatic rings. The van der Waals surface area contributed by atoms with Crippen molar-refractivity contribution in [2.45, 2.75) is 27.2 Å².